The van der Waals surface area contributed by atoms with Gasteiger partial charge < -0.3 is 20.1 Å². The number of nitrogens with zero attached hydrogens (tertiary/aromatic N) is 4. The van der Waals surface area contributed by atoms with Crippen LogP contribution in [-0.2, 0) is 17.9 Å². The first kappa shape index (κ1) is 12.1. The highest BCUT2D eigenvalue weighted by atomic mass is 16.2. The summed E-state index contributed by atoms with van der Waals surface area (Å²) in [7, 11) is 2.07. The van der Waals surface area contributed by atoms with Crippen LogP contribution in [0.5, 0.6) is 0 Å². The summed E-state index contributed by atoms with van der Waals surface area (Å²) in [6.07, 6.45) is 3.49. The number of piperazine rings is 1. The highest BCUT2D eigenvalue weighted by Gasteiger charge is 2.18. The van der Waals surface area contributed by atoms with Gasteiger partial charge in [-0.05, 0) is 7.05 Å². The van der Waals surface area contributed by atoms with Crippen molar-refractivity contribution in [1.29, 1.82) is 0 Å². The number of hydrogen-bond donors (Lipinski definition) is 1. The lowest BCUT2D eigenvalue weighted by Crippen LogP contribution is -2.48. The van der Waals surface area contributed by atoms with Crippen LogP contribution in [-0.4, -0.2) is 58.5 Å². The second-order valence-electron chi connectivity index (χ2n) is 4.43. The molecule has 1 aliphatic rings. The Labute approximate surface area is 101 Å². The van der Waals surface area contributed by atoms with Gasteiger partial charge in [-0.15, -0.1) is 0 Å². The highest BCUT2D eigenvalue weighted by molar-refractivity contribution is 5.76. The van der Waals surface area contributed by atoms with E-state index < -0.39 is 0 Å². The fourth-order valence-electron chi connectivity index (χ4n) is 1.91. The van der Waals surface area contributed by atoms with Gasteiger partial charge in [0.2, 0.25) is 5.91 Å². The molecule has 1 saturated heterocycles. The molecule has 0 atom stereocenters. The number of hydrogen-bond acceptors (Lipinski definition) is 4. The van der Waals surface area contributed by atoms with Gasteiger partial charge in [-0.1, -0.05) is 0 Å². The van der Waals surface area contributed by atoms with Crippen molar-refractivity contribution in [3.63, 3.8) is 0 Å². The van der Waals surface area contributed by atoms with Crippen LogP contribution < -0.4 is 5.73 Å². The van der Waals surface area contributed by atoms with Crippen LogP contribution in [0, 0.1) is 0 Å². The van der Waals surface area contributed by atoms with Crippen LogP contribution in [0.3, 0.4) is 0 Å². The normalized spacial score (nSPS) is 17.4. The second kappa shape index (κ2) is 5.29. The smallest absolute Gasteiger partial charge is 0.242 e. The maximum absolute atomic E-state index is 12.0. The van der Waals surface area contributed by atoms with E-state index in [4.69, 9.17) is 5.73 Å². The number of nitrogens with two attached hydrogens (primary N) is 1. The summed E-state index contributed by atoms with van der Waals surface area (Å²) in [6.45, 7) is 4.29. The fourth-order valence-corrected chi connectivity index (χ4v) is 1.91. The summed E-state index contributed by atoms with van der Waals surface area (Å²) in [5.74, 6) is 0.152. The molecule has 1 aliphatic heterocycles. The van der Waals surface area contributed by atoms with E-state index in [0.29, 0.717) is 13.1 Å². The number of amides is 1. The van der Waals surface area contributed by atoms with E-state index in [2.05, 4.69) is 16.9 Å². The second-order valence-corrected chi connectivity index (χ2v) is 4.43. The number of carbonyl (C=O) groups excluding carboxylic acids is 1. The van der Waals surface area contributed by atoms with Gasteiger partial charge in [0, 0.05) is 38.9 Å². The van der Waals surface area contributed by atoms with Crippen molar-refractivity contribution in [3.05, 3.63) is 18.2 Å². The molecule has 0 unspecified atom stereocenters. The summed E-state index contributed by atoms with van der Waals surface area (Å²) in [5.41, 5.74) is 6.29. The van der Waals surface area contributed by atoms with Gasteiger partial charge in [0.25, 0.3) is 0 Å². The molecule has 1 fully saturated rings. The summed E-state index contributed by atoms with van der Waals surface area (Å²) in [5, 5.41) is 0. The number of aromatic nitrogens is 2. The third-order valence-electron chi connectivity index (χ3n) is 3.07. The Hall–Kier alpha value is -1.40. The molecule has 2 rings (SSSR count). The summed E-state index contributed by atoms with van der Waals surface area (Å²) in [4.78, 5) is 20.2. The Morgan fingerprint density at radius 2 is 2.12 bits per heavy atom. The highest BCUT2D eigenvalue weighted by Crippen LogP contribution is 2.02. The van der Waals surface area contributed by atoms with E-state index in [1.807, 2.05) is 11.1 Å². The summed E-state index contributed by atoms with van der Waals surface area (Å²) < 4.78 is 1.79. The van der Waals surface area contributed by atoms with Gasteiger partial charge in [0.05, 0.1) is 12.0 Å². The largest absolute Gasteiger partial charge is 0.339 e. The Kier molecular flexibility index (Phi) is 3.75. The molecule has 2 heterocycles. The predicted octanol–water partition coefficient (Wildman–Crippen LogP) is -0.884. The molecule has 0 bridgehead atoms. The van der Waals surface area contributed by atoms with E-state index in [0.717, 1.165) is 31.9 Å². The zero-order chi connectivity index (χ0) is 12.3. The molecule has 94 valence electrons. The average Bonchev–Trinajstić information content (AvgIpc) is 2.77. The fraction of sp³-hybridized carbons (Fsp3) is 0.636. The van der Waals surface area contributed by atoms with E-state index in [-0.39, 0.29) is 5.91 Å². The molecule has 6 heteroatoms. The molecule has 0 aromatic carbocycles. The van der Waals surface area contributed by atoms with Crippen LogP contribution in [0.4, 0.5) is 0 Å². The number of carbonyl (C=O) groups is 1. The quantitative estimate of drug-likeness (QED) is 0.741. The molecule has 17 heavy (non-hydrogen) atoms. The molecular weight excluding hydrogens is 218 g/mol. The van der Waals surface area contributed by atoms with Gasteiger partial charge in [-0.3, -0.25) is 4.79 Å². The van der Waals surface area contributed by atoms with Crippen LogP contribution in [0.2, 0.25) is 0 Å². The molecule has 0 spiro atoms. The monoisotopic (exact) mass is 237 g/mol. The lowest BCUT2D eigenvalue weighted by atomic mass is 10.3. The average molecular weight is 237 g/mol. The number of imidazole rings is 1. The van der Waals surface area contributed by atoms with Gasteiger partial charge in [0.1, 0.15) is 6.54 Å². The molecule has 0 aliphatic carbocycles. The molecule has 0 radical (unpaired) electrons. The van der Waals surface area contributed by atoms with Crippen molar-refractivity contribution >= 4 is 5.91 Å². The van der Waals surface area contributed by atoms with E-state index in [1.165, 1.54) is 0 Å². The SMILES string of the molecule is CN1CCN(C(=O)Cn2cnc(CN)c2)CC1. The third-order valence-corrected chi connectivity index (χ3v) is 3.07. The summed E-state index contributed by atoms with van der Waals surface area (Å²) in [6, 6.07) is 0. The standard InChI is InChI=1S/C11H19N5O/c1-14-2-4-16(5-3-14)11(17)8-15-7-10(6-12)13-9-15/h7,9H,2-6,8,12H2,1H3. The van der Waals surface area contributed by atoms with Crippen molar-refractivity contribution in [2.45, 2.75) is 13.1 Å². The van der Waals surface area contributed by atoms with Gasteiger partial charge in [-0.25, -0.2) is 4.98 Å². The van der Waals surface area contributed by atoms with Crippen molar-refractivity contribution in [1.82, 2.24) is 19.4 Å². The van der Waals surface area contributed by atoms with Crippen LogP contribution in [0.25, 0.3) is 0 Å². The number of likely N-dealkylation sites (N-methyl/N-ethyl adjacent to an activating group) is 1. The van der Waals surface area contributed by atoms with Crippen LogP contribution in [0.15, 0.2) is 12.5 Å². The Balaban J connectivity index is 1.88. The van der Waals surface area contributed by atoms with Gasteiger partial charge >= 0.3 is 0 Å². The first-order chi connectivity index (χ1) is 8.19. The first-order valence-electron chi connectivity index (χ1n) is 5.86. The van der Waals surface area contributed by atoms with E-state index >= 15 is 0 Å². The number of rotatable bonds is 3. The van der Waals surface area contributed by atoms with Crippen molar-refractivity contribution in [2.75, 3.05) is 33.2 Å². The predicted molar refractivity (Wildman–Crippen MR) is 64.2 cm³/mol. The molecule has 1 aromatic heterocycles. The molecule has 2 N–H and O–H groups in total. The van der Waals surface area contributed by atoms with Gasteiger partial charge in [-0.2, -0.15) is 0 Å². The summed E-state index contributed by atoms with van der Waals surface area (Å²) >= 11 is 0. The molecular formula is C11H19N5O. The van der Waals surface area contributed by atoms with Crippen molar-refractivity contribution in [2.24, 2.45) is 5.73 Å². The van der Waals surface area contributed by atoms with Gasteiger partial charge in [0.15, 0.2) is 0 Å². The van der Waals surface area contributed by atoms with Crippen LogP contribution in [0.1, 0.15) is 5.69 Å². The van der Waals surface area contributed by atoms with Crippen molar-refractivity contribution < 1.29 is 4.79 Å². The maximum atomic E-state index is 12.0. The molecule has 0 saturated carbocycles. The van der Waals surface area contributed by atoms with E-state index in [9.17, 15) is 4.79 Å². The zero-order valence-electron chi connectivity index (χ0n) is 10.2. The Morgan fingerprint density at radius 1 is 1.41 bits per heavy atom. The Morgan fingerprint density at radius 3 is 2.71 bits per heavy atom. The minimum atomic E-state index is 0.152. The molecule has 1 aromatic rings. The minimum absolute atomic E-state index is 0.152. The topological polar surface area (TPSA) is 67.4 Å². The minimum Gasteiger partial charge on any atom is -0.339 e. The maximum Gasteiger partial charge on any atom is 0.242 e. The van der Waals surface area contributed by atoms with Crippen LogP contribution >= 0.6 is 0 Å². The molecule has 6 nitrogen and oxygen atoms in total. The third kappa shape index (κ3) is 3.04. The van der Waals surface area contributed by atoms with E-state index in [1.54, 1.807) is 10.9 Å². The zero-order valence-corrected chi connectivity index (χ0v) is 10.2. The van der Waals surface area contributed by atoms with Crippen molar-refractivity contribution in [3.8, 4) is 0 Å². The molecule has 1 amide bonds. The Bertz CT molecular complexity index is 381. The first-order valence-corrected chi connectivity index (χ1v) is 5.86. The lowest BCUT2D eigenvalue weighted by molar-refractivity contribution is -0.133. The lowest BCUT2D eigenvalue weighted by Gasteiger charge is -2.32.